The number of likely N-dealkylation sites (N-methyl/N-ethyl adjacent to an activating group) is 1. The highest BCUT2D eigenvalue weighted by Crippen LogP contribution is 2.42. The summed E-state index contributed by atoms with van der Waals surface area (Å²) in [5.41, 5.74) is 0. The van der Waals surface area contributed by atoms with Crippen molar-refractivity contribution in [2.45, 2.75) is 24.5 Å². The van der Waals surface area contributed by atoms with Gasteiger partial charge in [-0.05, 0) is 38.9 Å². The van der Waals surface area contributed by atoms with Gasteiger partial charge in [0.2, 0.25) is 0 Å². The Morgan fingerprint density at radius 1 is 1.06 bits per heavy atom. The van der Waals surface area contributed by atoms with Crippen LogP contribution in [0.4, 0.5) is 0 Å². The first kappa shape index (κ1) is 11.6. The van der Waals surface area contributed by atoms with E-state index in [0.717, 1.165) is 30.0 Å². The number of hydrogen-bond acceptors (Lipinski definition) is 4. The summed E-state index contributed by atoms with van der Waals surface area (Å²) in [6.45, 7) is 7.83. The third-order valence-corrected chi connectivity index (χ3v) is 5.91. The van der Waals surface area contributed by atoms with Crippen LogP contribution in [0.2, 0.25) is 0 Å². The maximum atomic E-state index is 3.43. The molecule has 4 heteroatoms. The molecule has 3 atom stereocenters. The minimum absolute atomic E-state index is 0.845. The van der Waals surface area contributed by atoms with Gasteiger partial charge in [0.15, 0.2) is 0 Å². The lowest BCUT2D eigenvalue weighted by Crippen LogP contribution is -2.77. The monoisotopic (exact) mass is 250 g/mol. The van der Waals surface area contributed by atoms with Crippen molar-refractivity contribution in [1.82, 2.24) is 20.0 Å². The van der Waals surface area contributed by atoms with Crippen LogP contribution in [0.25, 0.3) is 0 Å². The first-order valence-electron chi connectivity index (χ1n) is 7.59. The summed E-state index contributed by atoms with van der Waals surface area (Å²) in [5, 5.41) is 3.43. The van der Waals surface area contributed by atoms with Gasteiger partial charge in [0.1, 0.15) is 0 Å². The van der Waals surface area contributed by atoms with Gasteiger partial charge < -0.3 is 15.1 Å². The molecule has 0 amide bonds. The van der Waals surface area contributed by atoms with E-state index in [9.17, 15) is 0 Å². The van der Waals surface area contributed by atoms with E-state index in [-0.39, 0.29) is 0 Å². The minimum Gasteiger partial charge on any atom is -0.314 e. The summed E-state index contributed by atoms with van der Waals surface area (Å²) in [6, 6.07) is 2.57. The van der Waals surface area contributed by atoms with Crippen molar-refractivity contribution in [2.24, 2.45) is 11.8 Å². The first-order chi connectivity index (χ1) is 8.74. The zero-order valence-corrected chi connectivity index (χ0v) is 11.7. The topological polar surface area (TPSA) is 21.8 Å². The first-order valence-corrected chi connectivity index (χ1v) is 7.59. The second-order valence-electron chi connectivity index (χ2n) is 6.98. The lowest BCUT2D eigenvalue weighted by atomic mass is 9.68. The summed E-state index contributed by atoms with van der Waals surface area (Å²) in [6.07, 6.45) is 1.43. The van der Waals surface area contributed by atoms with Crippen LogP contribution in [-0.4, -0.2) is 86.2 Å². The van der Waals surface area contributed by atoms with Gasteiger partial charge in [0.25, 0.3) is 0 Å². The van der Waals surface area contributed by atoms with Crippen LogP contribution in [0, 0.1) is 11.8 Å². The van der Waals surface area contributed by atoms with Crippen LogP contribution in [0.15, 0.2) is 0 Å². The van der Waals surface area contributed by atoms with Gasteiger partial charge in [-0.2, -0.15) is 0 Å². The fourth-order valence-electron chi connectivity index (χ4n) is 4.40. The van der Waals surface area contributed by atoms with E-state index >= 15 is 0 Å². The second kappa shape index (κ2) is 4.17. The maximum absolute atomic E-state index is 3.43. The molecule has 4 saturated heterocycles. The molecular formula is C14H26N4. The normalized spacial score (nSPS) is 44.0. The van der Waals surface area contributed by atoms with Crippen molar-refractivity contribution in [3.63, 3.8) is 0 Å². The SMILES string of the molecule is CN1CC(C2CN(C3CNC3)C2C2CCN2C)C1. The van der Waals surface area contributed by atoms with E-state index in [1.54, 1.807) is 0 Å². The molecule has 0 aromatic heterocycles. The molecule has 0 saturated carbocycles. The van der Waals surface area contributed by atoms with Crippen LogP contribution in [0.3, 0.4) is 0 Å². The number of nitrogens with one attached hydrogen (secondary N) is 1. The molecule has 4 aliphatic rings. The fourth-order valence-corrected chi connectivity index (χ4v) is 4.40. The Morgan fingerprint density at radius 3 is 2.28 bits per heavy atom. The Morgan fingerprint density at radius 2 is 1.83 bits per heavy atom. The molecule has 4 heterocycles. The number of nitrogens with zero attached hydrogens (tertiary/aromatic N) is 3. The Kier molecular flexibility index (Phi) is 2.70. The van der Waals surface area contributed by atoms with E-state index in [1.165, 1.54) is 45.7 Å². The highest BCUT2D eigenvalue weighted by atomic mass is 15.4. The lowest BCUT2D eigenvalue weighted by molar-refractivity contribution is -0.140. The van der Waals surface area contributed by atoms with E-state index in [4.69, 9.17) is 0 Å². The Labute approximate surface area is 110 Å². The third-order valence-electron chi connectivity index (χ3n) is 5.91. The second-order valence-corrected chi connectivity index (χ2v) is 6.98. The third kappa shape index (κ3) is 1.59. The smallest absolute Gasteiger partial charge is 0.0349 e. The van der Waals surface area contributed by atoms with Crippen LogP contribution in [0.5, 0.6) is 0 Å². The Hall–Kier alpha value is -0.160. The molecule has 102 valence electrons. The van der Waals surface area contributed by atoms with Crippen molar-refractivity contribution < 1.29 is 0 Å². The van der Waals surface area contributed by atoms with Crippen molar-refractivity contribution in [3.05, 3.63) is 0 Å². The highest BCUT2D eigenvalue weighted by molar-refractivity contribution is 5.10. The molecule has 0 aromatic carbocycles. The van der Waals surface area contributed by atoms with E-state index in [2.05, 4.69) is 34.1 Å². The number of hydrogen-bond donors (Lipinski definition) is 1. The van der Waals surface area contributed by atoms with Gasteiger partial charge in [-0.15, -0.1) is 0 Å². The molecule has 4 fully saturated rings. The average molecular weight is 250 g/mol. The minimum atomic E-state index is 0.845. The van der Waals surface area contributed by atoms with E-state index in [0.29, 0.717) is 0 Å². The van der Waals surface area contributed by atoms with Gasteiger partial charge in [-0.25, -0.2) is 0 Å². The predicted octanol–water partition coefficient (Wildman–Crippen LogP) is -0.476. The molecule has 0 spiro atoms. The molecule has 4 rings (SSSR count). The van der Waals surface area contributed by atoms with Gasteiger partial charge in [0, 0.05) is 50.8 Å². The lowest BCUT2D eigenvalue weighted by Gasteiger charge is -2.64. The van der Waals surface area contributed by atoms with Crippen molar-refractivity contribution in [1.29, 1.82) is 0 Å². The van der Waals surface area contributed by atoms with Crippen molar-refractivity contribution in [3.8, 4) is 0 Å². The van der Waals surface area contributed by atoms with E-state index in [1.807, 2.05) is 0 Å². The zero-order chi connectivity index (χ0) is 12.3. The summed E-state index contributed by atoms with van der Waals surface area (Å²) >= 11 is 0. The van der Waals surface area contributed by atoms with Crippen LogP contribution in [-0.2, 0) is 0 Å². The molecule has 0 aliphatic carbocycles. The molecule has 1 N–H and O–H groups in total. The molecule has 3 unspecified atom stereocenters. The van der Waals surface area contributed by atoms with Gasteiger partial charge >= 0.3 is 0 Å². The van der Waals surface area contributed by atoms with Crippen molar-refractivity contribution in [2.75, 3.05) is 53.4 Å². The molecule has 0 bridgehead atoms. The summed E-state index contributed by atoms with van der Waals surface area (Å²) < 4.78 is 0. The summed E-state index contributed by atoms with van der Waals surface area (Å²) in [4.78, 5) is 7.87. The largest absolute Gasteiger partial charge is 0.314 e. The molecule has 4 aliphatic heterocycles. The predicted molar refractivity (Wildman–Crippen MR) is 72.7 cm³/mol. The average Bonchev–Trinajstić information content (AvgIpc) is 2.22. The highest BCUT2D eigenvalue weighted by Gasteiger charge is 2.54. The van der Waals surface area contributed by atoms with Crippen molar-refractivity contribution >= 4 is 0 Å². The number of likely N-dealkylation sites (tertiary alicyclic amines) is 3. The van der Waals surface area contributed by atoms with E-state index < -0.39 is 0 Å². The summed E-state index contributed by atoms with van der Waals surface area (Å²) in [7, 11) is 4.57. The maximum Gasteiger partial charge on any atom is 0.0349 e. The molecule has 0 radical (unpaired) electrons. The molecule has 0 aromatic rings. The molecule has 18 heavy (non-hydrogen) atoms. The van der Waals surface area contributed by atoms with Crippen LogP contribution in [0.1, 0.15) is 6.42 Å². The van der Waals surface area contributed by atoms with Gasteiger partial charge in [-0.1, -0.05) is 0 Å². The standard InChI is InChI=1S/C14H26N4/c1-16-7-10(8-16)12-9-18(11-5-15-6-11)14(12)13-3-4-17(13)2/h10-15H,3-9H2,1-2H3. The zero-order valence-electron chi connectivity index (χ0n) is 11.7. The quantitative estimate of drug-likeness (QED) is 0.730. The molecular weight excluding hydrogens is 224 g/mol. The Balaban J connectivity index is 1.44. The van der Waals surface area contributed by atoms with Gasteiger partial charge in [0.05, 0.1) is 0 Å². The van der Waals surface area contributed by atoms with Gasteiger partial charge in [-0.3, -0.25) is 4.90 Å². The Bertz CT molecular complexity index is 324. The van der Waals surface area contributed by atoms with Crippen LogP contribution >= 0.6 is 0 Å². The van der Waals surface area contributed by atoms with Crippen LogP contribution < -0.4 is 5.32 Å². The summed E-state index contributed by atoms with van der Waals surface area (Å²) in [5.74, 6) is 1.97. The molecule has 4 nitrogen and oxygen atoms in total. The fraction of sp³-hybridized carbons (Fsp3) is 1.00. The number of rotatable bonds is 3.